The van der Waals surface area contributed by atoms with Crippen molar-refractivity contribution in [2.24, 2.45) is 7.05 Å². The van der Waals surface area contributed by atoms with Crippen LogP contribution in [0.4, 0.5) is 0 Å². The van der Waals surface area contributed by atoms with Gasteiger partial charge in [0.2, 0.25) is 0 Å². The highest BCUT2D eigenvalue weighted by molar-refractivity contribution is 7.98. The Morgan fingerprint density at radius 2 is 1.74 bits per heavy atom. The lowest BCUT2D eigenvalue weighted by molar-refractivity contribution is 0.103. The number of nitrogens with zero attached hydrogens (tertiary/aromatic N) is 1. The summed E-state index contributed by atoms with van der Waals surface area (Å²) in [5.41, 5.74) is 3.29. The molecule has 0 saturated carbocycles. The van der Waals surface area contributed by atoms with E-state index >= 15 is 0 Å². The van der Waals surface area contributed by atoms with Gasteiger partial charge in [0.1, 0.15) is 5.75 Å². The summed E-state index contributed by atoms with van der Waals surface area (Å²) in [4.78, 5) is 26.4. The molecular weight excluding hydrogens is 520 g/mol. The average molecular weight is 557 g/mol. The molecule has 0 aliphatic heterocycles. The van der Waals surface area contributed by atoms with Crippen LogP contribution in [0.15, 0.2) is 59.5 Å². The normalized spacial score (nSPS) is 12.8. The molecule has 0 aliphatic carbocycles. The molecule has 3 aromatic rings. The van der Waals surface area contributed by atoms with Crippen LogP contribution in [0, 0.1) is 0 Å². The molecule has 204 valence electrons. The molecule has 38 heavy (non-hydrogen) atoms. The van der Waals surface area contributed by atoms with Gasteiger partial charge in [0, 0.05) is 52.5 Å². The van der Waals surface area contributed by atoms with Crippen LogP contribution in [0.5, 0.6) is 5.75 Å². The first-order chi connectivity index (χ1) is 17.7. The molecule has 0 fully saturated rings. The second-order valence-electron chi connectivity index (χ2n) is 10.3. The summed E-state index contributed by atoms with van der Waals surface area (Å²) in [6.07, 6.45) is 1.72. The number of hydrogen-bond donors (Lipinski definition) is 1. The molecule has 2 aromatic carbocycles. The standard InChI is InChI=1S/C29H36N2O5S2/c1-8-38(34,35)18-20-9-14-23(28(33)21-10-12-22(36-7)13-11-21)25(15-20)26-17-31(6)27(32)16-24(26)19(2)30-37-29(3,4)5/h9-17,19,30H,8,18H2,1-7H3/t19-/m0/s1. The Morgan fingerprint density at radius 1 is 1.08 bits per heavy atom. The monoisotopic (exact) mass is 556 g/mol. The minimum atomic E-state index is -3.30. The number of carbonyl (C=O) groups is 1. The van der Waals surface area contributed by atoms with E-state index in [2.05, 4.69) is 25.5 Å². The summed E-state index contributed by atoms with van der Waals surface area (Å²) >= 11 is 1.56. The largest absolute Gasteiger partial charge is 0.497 e. The molecule has 1 atom stereocenters. The number of hydrogen-bond acceptors (Lipinski definition) is 7. The molecule has 9 heteroatoms. The maximum absolute atomic E-state index is 13.7. The van der Waals surface area contributed by atoms with Crippen molar-refractivity contribution in [3.8, 4) is 16.9 Å². The topological polar surface area (TPSA) is 94.5 Å². The lowest BCUT2D eigenvalue weighted by Crippen LogP contribution is -2.24. The Bertz CT molecular complexity index is 1470. The Hall–Kier alpha value is -2.88. The first kappa shape index (κ1) is 29.7. The highest BCUT2D eigenvalue weighted by atomic mass is 32.2. The van der Waals surface area contributed by atoms with Gasteiger partial charge in [-0.05, 0) is 74.7 Å². The van der Waals surface area contributed by atoms with Gasteiger partial charge in [0.15, 0.2) is 15.6 Å². The van der Waals surface area contributed by atoms with Crippen molar-refractivity contribution in [1.29, 1.82) is 0 Å². The summed E-state index contributed by atoms with van der Waals surface area (Å²) in [5, 5.41) is 0. The molecule has 0 amide bonds. The summed E-state index contributed by atoms with van der Waals surface area (Å²) in [7, 11) is -0.0779. The van der Waals surface area contributed by atoms with Crippen molar-refractivity contribution >= 4 is 27.6 Å². The van der Waals surface area contributed by atoms with E-state index in [4.69, 9.17) is 4.74 Å². The number of pyridine rings is 1. The molecule has 0 aliphatic rings. The van der Waals surface area contributed by atoms with Crippen LogP contribution in [-0.4, -0.2) is 36.4 Å². The molecule has 1 N–H and O–H groups in total. The first-order valence-corrected chi connectivity index (χ1v) is 15.0. The number of ketones is 1. The Kier molecular flexibility index (Phi) is 9.28. The molecule has 0 radical (unpaired) electrons. The van der Waals surface area contributed by atoms with E-state index in [1.165, 1.54) is 4.57 Å². The zero-order valence-corrected chi connectivity index (χ0v) is 24.6. The van der Waals surface area contributed by atoms with Gasteiger partial charge >= 0.3 is 0 Å². The maximum Gasteiger partial charge on any atom is 0.250 e. The molecule has 0 spiro atoms. The van der Waals surface area contributed by atoms with Crippen LogP contribution in [0.25, 0.3) is 11.1 Å². The number of benzene rings is 2. The molecular formula is C29H36N2O5S2. The van der Waals surface area contributed by atoms with Crippen molar-refractivity contribution in [2.45, 2.75) is 51.2 Å². The number of ether oxygens (including phenoxy) is 1. The van der Waals surface area contributed by atoms with E-state index in [0.29, 0.717) is 33.6 Å². The SMILES string of the molecule is CCS(=O)(=O)Cc1ccc(C(=O)c2ccc(OC)cc2)c(-c2cn(C)c(=O)cc2[C@H](C)NSC(C)(C)C)c1. The predicted octanol–water partition coefficient (Wildman–Crippen LogP) is 5.32. The number of sulfone groups is 1. The summed E-state index contributed by atoms with van der Waals surface area (Å²) in [6.45, 7) is 9.85. The van der Waals surface area contributed by atoms with Gasteiger partial charge in [-0.15, -0.1) is 0 Å². The Morgan fingerprint density at radius 3 is 2.32 bits per heavy atom. The first-order valence-electron chi connectivity index (χ1n) is 12.4. The van der Waals surface area contributed by atoms with Gasteiger partial charge in [-0.1, -0.05) is 31.0 Å². The van der Waals surface area contributed by atoms with Crippen molar-refractivity contribution in [2.75, 3.05) is 12.9 Å². The third kappa shape index (κ3) is 7.36. The molecule has 1 aromatic heterocycles. The van der Waals surface area contributed by atoms with Gasteiger partial charge in [-0.3, -0.25) is 14.3 Å². The van der Waals surface area contributed by atoms with Crippen molar-refractivity contribution in [3.05, 3.63) is 87.3 Å². The summed E-state index contributed by atoms with van der Waals surface area (Å²) in [5.74, 6) is 0.309. The Labute approximate surface area is 229 Å². The number of nitrogens with one attached hydrogen (secondary N) is 1. The van der Waals surface area contributed by atoms with Crippen LogP contribution in [0.3, 0.4) is 0 Å². The summed E-state index contributed by atoms with van der Waals surface area (Å²) < 4.78 is 34.9. The molecule has 7 nitrogen and oxygen atoms in total. The number of aryl methyl sites for hydroxylation is 1. The average Bonchev–Trinajstić information content (AvgIpc) is 2.87. The van der Waals surface area contributed by atoms with Crippen LogP contribution >= 0.6 is 11.9 Å². The third-order valence-electron chi connectivity index (χ3n) is 6.07. The minimum Gasteiger partial charge on any atom is -0.497 e. The van der Waals surface area contributed by atoms with Crippen molar-refractivity contribution < 1.29 is 17.9 Å². The van der Waals surface area contributed by atoms with Crippen LogP contribution in [-0.2, 0) is 22.6 Å². The number of methoxy groups -OCH3 is 1. The molecule has 3 rings (SSSR count). The zero-order valence-electron chi connectivity index (χ0n) is 23.0. The van der Waals surface area contributed by atoms with E-state index in [0.717, 1.165) is 5.56 Å². The number of carbonyl (C=O) groups excluding carboxylic acids is 1. The highest BCUT2D eigenvalue weighted by Crippen LogP contribution is 2.34. The van der Waals surface area contributed by atoms with Gasteiger partial charge < -0.3 is 9.30 Å². The number of aromatic nitrogens is 1. The highest BCUT2D eigenvalue weighted by Gasteiger charge is 2.23. The Balaban J connectivity index is 2.23. The smallest absolute Gasteiger partial charge is 0.250 e. The van der Waals surface area contributed by atoms with Crippen molar-refractivity contribution in [3.63, 3.8) is 0 Å². The van der Waals surface area contributed by atoms with Crippen LogP contribution < -0.4 is 15.0 Å². The second kappa shape index (κ2) is 11.9. The van der Waals surface area contributed by atoms with Gasteiger partial charge in [-0.2, -0.15) is 0 Å². The van der Waals surface area contributed by atoms with Crippen LogP contribution in [0.1, 0.15) is 67.7 Å². The number of rotatable bonds is 10. The lowest BCUT2D eigenvalue weighted by Gasteiger charge is -2.24. The van der Waals surface area contributed by atoms with E-state index in [9.17, 15) is 18.0 Å². The fourth-order valence-electron chi connectivity index (χ4n) is 3.91. The molecule has 0 unspecified atom stereocenters. The maximum atomic E-state index is 13.7. The third-order valence-corrected chi connectivity index (χ3v) is 8.80. The predicted molar refractivity (Wildman–Crippen MR) is 156 cm³/mol. The summed E-state index contributed by atoms with van der Waals surface area (Å²) in [6, 6.07) is 13.3. The fourth-order valence-corrected chi connectivity index (χ4v) is 5.46. The zero-order chi connectivity index (χ0) is 28.3. The van der Waals surface area contributed by atoms with E-state index in [1.807, 2.05) is 6.92 Å². The van der Waals surface area contributed by atoms with Crippen LogP contribution in [0.2, 0.25) is 0 Å². The van der Waals surface area contributed by atoms with E-state index in [1.54, 1.807) is 87.8 Å². The van der Waals surface area contributed by atoms with Gasteiger partial charge in [-0.25, -0.2) is 8.42 Å². The van der Waals surface area contributed by atoms with E-state index < -0.39 is 9.84 Å². The second-order valence-corrected chi connectivity index (χ2v) is 14.3. The van der Waals surface area contributed by atoms with E-state index in [-0.39, 0.29) is 33.6 Å². The molecule has 1 heterocycles. The van der Waals surface area contributed by atoms with Gasteiger partial charge in [0.05, 0.1) is 12.9 Å². The lowest BCUT2D eigenvalue weighted by atomic mass is 9.89. The molecule has 0 saturated heterocycles. The van der Waals surface area contributed by atoms with Gasteiger partial charge in [0.25, 0.3) is 5.56 Å². The quantitative estimate of drug-likeness (QED) is 0.267. The minimum absolute atomic E-state index is 0.0188. The fraction of sp³-hybridized carbons (Fsp3) is 0.379. The van der Waals surface area contributed by atoms with Crippen molar-refractivity contribution in [1.82, 2.24) is 9.29 Å². The molecule has 0 bridgehead atoms.